The molecule has 0 radical (unpaired) electrons. The van der Waals surface area contributed by atoms with E-state index in [1.807, 2.05) is 23.8 Å². The number of aromatic nitrogens is 2. The zero-order valence-electron chi connectivity index (χ0n) is 20.5. The number of carbonyl (C=O) groups is 1. The van der Waals surface area contributed by atoms with Crippen LogP contribution in [0.15, 0.2) is 53.0 Å². The fourth-order valence-corrected chi connectivity index (χ4v) is 4.86. The number of hydrogen-bond donors (Lipinski definition) is 1. The smallest absolute Gasteiger partial charge is 0.222 e. The number of carbonyl (C=O) groups excluding carboxylic acids is 1. The first-order valence-electron chi connectivity index (χ1n) is 12.1. The van der Waals surface area contributed by atoms with Crippen molar-refractivity contribution in [1.29, 1.82) is 0 Å². The Balaban J connectivity index is 1.60. The Labute approximate surface area is 211 Å². The predicted octanol–water partition coefficient (Wildman–Crippen LogP) is 5.54. The van der Waals surface area contributed by atoms with Crippen LogP contribution in [0.2, 0.25) is 0 Å². The molecule has 1 fully saturated rings. The average molecular weight is 494 g/mol. The number of amides is 1. The minimum Gasteiger partial charge on any atom is -0.343 e. The lowest BCUT2D eigenvalue weighted by atomic mass is 9.90. The van der Waals surface area contributed by atoms with Gasteiger partial charge >= 0.3 is 0 Å². The minimum atomic E-state index is -0.287. The van der Waals surface area contributed by atoms with Crippen molar-refractivity contribution in [3.63, 3.8) is 0 Å². The van der Waals surface area contributed by atoms with Crippen LogP contribution < -0.4 is 4.90 Å². The van der Waals surface area contributed by atoms with E-state index in [-0.39, 0.29) is 11.7 Å². The van der Waals surface area contributed by atoms with Crippen LogP contribution in [0.3, 0.4) is 0 Å². The molecule has 0 N–H and O–H groups in total. The number of aryl methyl sites for hydroxylation is 1. The van der Waals surface area contributed by atoms with E-state index in [4.69, 9.17) is 4.98 Å². The molecule has 0 saturated carbocycles. The summed E-state index contributed by atoms with van der Waals surface area (Å²) < 4.78 is 15.4. The number of hydrogen-bond acceptors (Lipinski definition) is 4. The van der Waals surface area contributed by atoms with Crippen LogP contribution in [0.1, 0.15) is 55.8 Å². The first kappa shape index (κ1) is 25.0. The monoisotopic (exact) mass is 493 g/mol. The number of halogens is 1. The number of thiol groups is 1. The van der Waals surface area contributed by atoms with Crippen LogP contribution >= 0.6 is 12.6 Å². The predicted molar refractivity (Wildman–Crippen MR) is 144 cm³/mol. The van der Waals surface area contributed by atoms with Crippen molar-refractivity contribution >= 4 is 42.0 Å². The molecule has 1 aliphatic heterocycles. The molecule has 2 aromatic heterocycles. The summed E-state index contributed by atoms with van der Waals surface area (Å²) >= 11 is 4.30. The molecule has 6 nitrogen and oxygen atoms in total. The number of anilines is 1. The highest BCUT2D eigenvalue weighted by molar-refractivity contribution is 7.83. The molecule has 3 heterocycles. The number of likely N-dealkylation sites (tertiary alicyclic amines) is 1. The Morgan fingerprint density at radius 1 is 1.20 bits per heavy atom. The average Bonchev–Trinajstić information content (AvgIpc) is 3.27. The lowest BCUT2D eigenvalue weighted by molar-refractivity contribution is -0.131. The molecule has 1 aromatic carbocycles. The van der Waals surface area contributed by atoms with E-state index in [2.05, 4.69) is 47.3 Å². The molecule has 0 atom stereocenters. The summed E-state index contributed by atoms with van der Waals surface area (Å²) in [6.45, 7) is 5.63. The number of imidazole rings is 1. The molecule has 184 valence electrons. The zero-order valence-corrected chi connectivity index (χ0v) is 21.4. The number of rotatable bonds is 7. The Hall–Kier alpha value is -3.13. The van der Waals surface area contributed by atoms with Crippen molar-refractivity contribution in [2.45, 2.75) is 45.4 Å². The lowest BCUT2D eigenvalue weighted by Gasteiger charge is -2.32. The van der Waals surface area contributed by atoms with E-state index in [1.54, 1.807) is 23.9 Å². The molecule has 8 heteroatoms. The molecule has 1 saturated heterocycles. The van der Waals surface area contributed by atoms with Crippen LogP contribution in [0.4, 0.5) is 10.2 Å². The Kier molecular flexibility index (Phi) is 7.90. The molecular formula is C27H32FN5OS. The number of fused-ring (bicyclic) bond motifs is 1. The van der Waals surface area contributed by atoms with E-state index in [0.29, 0.717) is 18.0 Å². The number of piperidine rings is 1. The molecule has 35 heavy (non-hydrogen) atoms. The molecule has 3 aromatic rings. The molecule has 4 rings (SSSR count). The first-order chi connectivity index (χ1) is 16.9. The number of pyridine rings is 1. The molecule has 0 unspecified atom stereocenters. The highest BCUT2D eigenvalue weighted by atomic mass is 32.1. The zero-order chi connectivity index (χ0) is 24.9. The molecule has 0 spiro atoms. The van der Waals surface area contributed by atoms with Crippen LogP contribution in [0.25, 0.3) is 11.3 Å². The van der Waals surface area contributed by atoms with E-state index in [9.17, 15) is 9.18 Å². The maximum Gasteiger partial charge on any atom is 0.222 e. The Morgan fingerprint density at radius 2 is 1.91 bits per heavy atom. The van der Waals surface area contributed by atoms with Gasteiger partial charge in [0.1, 0.15) is 17.3 Å². The van der Waals surface area contributed by atoms with Gasteiger partial charge in [-0.3, -0.25) is 9.20 Å². The van der Waals surface area contributed by atoms with Gasteiger partial charge in [-0.1, -0.05) is 19.9 Å². The second-order valence-corrected chi connectivity index (χ2v) is 9.07. The summed E-state index contributed by atoms with van der Waals surface area (Å²) in [6, 6.07) is 10.4. The summed E-state index contributed by atoms with van der Waals surface area (Å²) in [5.74, 6) is 1.32. The van der Waals surface area contributed by atoms with Crippen molar-refractivity contribution in [3.8, 4) is 0 Å². The van der Waals surface area contributed by atoms with Gasteiger partial charge in [-0.15, -0.1) is 12.6 Å². The van der Waals surface area contributed by atoms with Crippen LogP contribution in [-0.2, 0) is 11.2 Å². The maximum atomic E-state index is 13.3. The van der Waals surface area contributed by atoms with Crippen molar-refractivity contribution in [2.24, 2.45) is 4.99 Å². The number of nitrogens with zero attached hydrogens (tertiary/aromatic N) is 5. The van der Waals surface area contributed by atoms with E-state index < -0.39 is 0 Å². The van der Waals surface area contributed by atoms with Crippen LogP contribution in [0, 0.1) is 5.82 Å². The standard InChI is InChI=1S/C27H32FN5OS/c1-4-23-27(31(3)18-29-24(17-35)20-6-9-22(28)10-7-20)33-16-21(8-11-25(33)30-23)19-12-14-32(15-13-19)26(34)5-2/h6-11,16-19,35H,4-5,12-15H2,1-3H3/b24-17-,29-18?. The van der Waals surface area contributed by atoms with Crippen molar-refractivity contribution in [2.75, 3.05) is 25.0 Å². The van der Waals surface area contributed by atoms with Crippen molar-refractivity contribution in [1.82, 2.24) is 14.3 Å². The third-order valence-corrected chi connectivity index (χ3v) is 6.85. The van der Waals surface area contributed by atoms with E-state index >= 15 is 0 Å². The highest BCUT2D eigenvalue weighted by Crippen LogP contribution is 2.31. The van der Waals surface area contributed by atoms with Crippen molar-refractivity contribution in [3.05, 3.63) is 70.6 Å². The van der Waals surface area contributed by atoms with Crippen molar-refractivity contribution < 1.29 is 9.18 Å². The third kappa shape index (κ3) is 5.42. The summed E-state index contributed by atoms with van der Waals surface area (Å²) in [5, 5.41) is 1.61. The van der Waals surface area contributed by atoms with Gasteiger partial charge in [-0.25, -0.2) is 14.4 Å². The summed E-state index contributed by atoms with van der Waals surface area (Å²) in [7, 11) is 1.95. The summed E-state index contributed by atoms with van der Waals surface area (Å²) in [4.78, 5) is 25.4. The number of benzene rings is 1. The summed E-state index contributed by atoms with van der Waals surface area (Å²) in [6.07, 6.45) is 7.21. The van der Waals surface area contributed by atoms with Crippen LogP contribution in [0.5, 0.6) is 0 Å². The molecule has 1 amide bonds. The second-order valence-electron chi connectivity index (χ2n) is 8.81. The van der Waals surface area contributed by atoms with Gasteiger partial charge < -0.3 is 9.80 Å². The molecule has 0 bridgehead atoms. The van der Waals surface area contributed by atoms with Gasteiger partial charge in [0.05, 0.1) is 17.7 Å². The van der Waals surface area contributed by atoms with Gasteiger partial charge in [0.25, 0.3) is 0 Å². The molecular weight excluding hydrogens is 461 g/mol. The van der Waals surface area contributed by atoms with E-state index in [1.165, 1.54) is 17.7 Å². The molecule has 1 aliphatic rings. The van der Waals surface area contributed by atoms with Gasteiger partial charge in [0.15, 0.2) is 0 Å². The topological polar surface area (TPSA) is 53.2 Å². The quantitative estimate of drug-likeness (QED) is 0.267. The maximum absolute atomic E-state index is 13.3. The first-order valence-corrected chi connectivity index (χ1v) is 12.6. The van der Waals surface area contributed by atoms with E-state index in [0.717, 1.165) is 55.1 Å². The SMILES string of the molecule is CCC(=O)N1CCC(c2ccc3nc(CC)c(N(C)C=N/C(=C\S)c4ccc(F)cc4)n3c2)CC1. The Morgan fingerprint density at radius 3 is 2.54 bits per heavy atom. The molecule has 0 aliphatic carbocycles. The second kappa shape index (κ2) is 11.1. The van der Waals surface area contributed by atoms with Gasteiger partial charge in [-0.2, -0.15) is 0 Å². The minimum absolute atomic E-state index is 0.236. The fourth-order valence-electron chi connectivity index (χ4n) is 4.64. The number of aliphatic imine (C=N–C) groups is 1. The Bertz CT molecular complexity index is 1240. The summed E-state index contributed by atoms with van der Waals surface area (Å²) in [5.41, 5.74) is 4.56. The normalized spacial score (nSPS) is 15.3. The van der Waals surface area contributed by atoms with Gasteiger partial charge in [0, 0.05) is 38.3 Å². The highest BCUT2D eigenvalue weighted by Gasteiger charge is 2.24. The van der Waals surface area contributed by atoms with Gasteiger partial charge in [0.2, 0.25) is 5.91 Å². The third-order valence-electron chi connectivity index (χ3n) is 6.61. The van der Waals surface area contributed by atoms with Crippen LogP contribution in [-0.4, -0.2) is 46.7 Å². The largest absolute Gasteiger partial charge is 0.343 e. The van der Waals surface area contributed by atoms with Gasteiger partial charge in [-0.05, 0) is 66.5 Å². The fraction of sp³-hybridized carbons (Fsp3) is 0.370. The lowest BCUT2D eigenvalue weighted by Crippen LogP contribution is -2.37.